The van der Waals surface area contributed by atoms with Gasteiger partial charge in [-0.3, -0.25) is 19.3 Å². The van der Waals surface area contributed by atoms with E-state index in [1.165, 1.54) is 11.8 Å². The van der Waals surface area contributed by atoms with E-state index in [0.717, 1.165) is 16.6 Å². The Balaban J connectivity index is 1.84. The molecule has 0 bridgehead atoms. The zero-order valence-electron chi connectivity index (χ0n) is 19.0. The normalized spacial score (nSPS) is 18.8. The van der Waals surface area contributed by atoms with E-state index in [1.54, 1.807) is 22.6 Å². The van der Waals surface area contributed by atoms with Crippen LogP contribution in [0.25, 0.3) is 17.0 Å². The third-order valence-electron chi connectivity index (χ3n) is 6.22. The van der Waals surface area contributed by atoms with E-state index >= 15 is 0 Å². The first-order chi connectivity index (χ1) is 15.7. The molecule has 9 heteroatoms. The van der Waals surface area contributed by atoms with E-state index in [-0.39, 0.29) is 29.2 Å². The quantitative estimate of drug-likeness (QED) is 0.518. The monoisotopic (exact) mass is 484 g/mol. The number of para-hydroxylation sites is 1. The molecule has 0 unspecified atom stereocenters. The van der Waals surface area contributed by atoms with Crippen molar-refractivity contribution in [3.63, 3.8) is 0 Å². The number of piperidine rings is 1. The van der Waals surface area contributed by atoms with Crippen molar-refractivity contribution in [2.45, 2.75) is 26.7 Å². The third kappa shape index (κ3) is 4.44. The standard InChI is InChI=1S/C24H28N4O3S2/c1-14(2)13-28-23(31)19(33-24(28)32)12-17-20(27-10-8-15(9-11-27)21(25)29)16-6-4-5-7-18(16)26(3)22(17)30/h4-7,12,14-15H,8-11,13H2,1-3H3,(H2,25,29). The molecule has 2 fully saturated rings. The smallest absolute Gasteiger partial charge is 0.266 e. The van der Waals surface area contributed by atoms with Crippen LogP contribution in [0.2, 0.25) is 0 Å². The van der Waals surface area contributed by atoms with Gasteiger partial charge in [0, 0.05) is 38.0 Å². The summed E-state index contributed by atoms with van der Waals surface area (Å²) in [7, 11) is 1.75. The number of fused-ring (bicyclic) bond motifs is 1. The molecule has 1 aromatic carbocycles. The number of anilines is 1. The van der Waals surface area contributed by atoms with Crippen LogP contribution < -0.4 is 16.2 Å². The van der Waals surface area contributed by atoms with Gasteiger partial charge in [0.2, 0.25) is 5.91 Å². The fraction of sp³-hybridized carbons (Fsp3) is 0.417. The summed E-state index contributed by atoms with van der Waals surface area (Å²) in [6, 6.07) is 7.76. The average molecular weight is 485 g/mol. The van der Waals surface area contributed by atoms with Gasteiger partial charge in [-0.2, -0.15) is 0 Å². The second-order valence-electron chi connectivity index (χ2n) is 8.99. The summed E-state index contributed by atoms with van der Waals surface area (Å²) >= 11 is 6.69. The molecule has 2 aliphatic rings. The van der Waals surface area contributed by atoms with E-state index in [9.17, 15) is 14.4 Å². The van der Waals surface area contributed by atoms with Crippen LogP contribution in [0.3, 0.4) is 0 Å². The third-order valence-corrected chi connectivity index (χ3v) is 7.60. The fourth-order valence-electron chi connectivity index (χ4n) is 4.51. The van der Waals surface area contributed by atoms with Crippen LogP contribution >= 0.6 is 24.0 Å². The predicted octanol–water partition coefficient (Wildman–Crippen LogP) is 3.10. The average Bonchev–Trinajstić information content (AvgIpc) is 3.04. The second kappa shape index (κ2) is 9.30. The zero-order chi connectivity index (χ0) is 23.9. The number of hydrogen-bond donors (Lipinski definition) is 1. The van der Waals surface area contributed by atoms with E-state index in [2.05, 4.69) is 4.90 Å². The van der Waals surface area contributed by atoms with Crippen LogP contribution in [-0.4, -0.2) is 45.2 Å². The van der Waals surface area contributed by atoms with Gasteiger partial charge in [0.1, 0.15) is 4.32 Å². The lowest BCUT2D eigenvalue weighted by molar-refractivity contribution is -0.123. The van der Waals surface area contributed by atoms with Crippen molar-refractivity contribution in [2.24, 2.45) is 24.6 Å². The minimum Gasteiger partial charge on any atom is -0.370 e. The van der Waals surface area contributed by atoms with Crippen molar-refractivity contribution in [1.82, 2.24) is 9.47 Å². The Labute approximate surface area is 202 Å². The summed E-state index contributed by atoms with van der Waals surface area (Å²) in [5.74, 6) is -0.317. The van der Waals surface area contributed by atoms with Crippen LogP contribution in [0.4, 0.5) is 5.69 Å². The molecular weight excluding hydrogens is 456 g/mol. The van der Waals surface area contributed by atoms with Crippen LogP contribution in [0.5, 0.6) is 0 Å². The van der Waals surface area contributed by atoms with Crippen molar-refractivity contribution in [3.8, 4) is 0 Å². The van der Waals surface area contributed by atoms with Gasteiger partial charge in [0.15, 0.2) is 0 Å². The Morgan fingerprint density at radius 2 is 1.91 bits per heavy atom. The number of aromatic nitrogens is 1. The molecule has 33 heavy (non-hydrogen) atoms. The zero-order valence-corrected chi connectivity index (χ0v) is 20.7. The van der Waals surface area contributed by atoms with Gasteiger partial charge in [0.05, 0.1) is 21.7 Å². The molecule has 0 saturated carbocycles. The summed E-state index contributed by atoms with van der Waals surface area (Å²) in [6.45, 7) is 5.84. The number of aryl methyl sites for hydroxylation is 1. The molecule has 0 spiro atoms. The summed E-state index contributed by atoms with van der Waals surface area (Å²) in [5.41, 5.74) is 7.44. The highest BCUT2D eigenvalue weighted by atomic mass is 32.2. The summed E-state index contributed by atoms with van der Waals surface area (Å²) < 4.78 is 2.14. The van der Waals surface area contributed by atoms with Gasteiger partial charge in [-0.1, -0.05) is 56.0 Å². The molecule has 7 nitrogen and oxygen atoms in total. The first-order valence-corrected chi connectivity index (χ1v) is 12.3. The molecule has 3 heterocycles. The summed E-state index contributed by atoms with van der Waals surface area (Å²) in [5, 5.41) is 0.932. The van der Waals surface area contributed by atoms with Crippen LogP contribution in [0, 0.1) is 11.8 Å². The van der Waals surface area contributed by atoms with Gasteiger partial charge in [0.25, 0.3) is 11.5 Å². The van der Waals surface area contributed by atoms with Crippen LogP contribution in [-0.2, 0) is 16.6 Å². The summed E-state index contributed by atoms with van der Waals surface area (Å²) in [4.78, 5) is 42.5. The lowest BCUT2D eigenvalue weighted by Gasteiger charge is -2.34. The van der Waals surface area contributed by atoms with Crippen molar-refractivity contribution >= 4 is 62.8 Å². The van der Waals surface area contributed by atoms with Crippen molar-refractivity contribution in [2.75, 3.05) is 24.5 Å². The van der Waals surface area contributed by atoms with Crippen molar-refractivity contribution in [3.05, 3.63) is 45.1 Å². The first kappa shape index (κ1) is 23.5. The highest BCUT2D eigenvalue weighted by molar-refractivity contribution is 8.26. The molecule has 174 valence electrons. The molecule has 2 aromatic rings. The molecule has 2 amide bonds. The Hall–Kier alpha value is -2.65. The highest BCUT2D eigenvalue weighted by Crippen LogP contribution is 2.37. The molecule has 0 atom stereocenters. The van der Waals surface area contributed by atoms with Gasteiger partial charge < -0.3 is 15.2 Å². The van der Waals surface area contributed by atoms with Crippen LogP contribution in [0.15, 0.2) is 34.0 Å². The number of nitrogens with two attached hydrogens (primary N) is 1. The minimum absolute atomic E-state index is 0.158. The van der Waals surface area contributed by atoms with Gasteiger partial charge >= 0.3 is 0 Å². The first-order valence-electron chi connectivity index (χ1n) is 11.1. The largest absolute Gasteiger partial charge is 0.370 e. The van der Waals surface area contributed by atoms with Gasteiger partial charge in [-0.05, 0) is 30.9 Å². The number of primary amides is 1. The topological polar surface area (TPSA) is 88.6 Å². The SMILES string of the molecule is CC(C)CN1C(=O)C(=Cc2c(N3CCC(C(N)=O)CC3)c3ccccc3n(C)c2=O)SC1=S. The lowest BCUT2D eigenvalue weighted by Crippen LogP contribution is -2.40. The summed E-state index contributed by atoms with van der Waals surface area (Å²) in [6.07, 6.45) is 2.97. The number of carbonyl (C=O) groups is 2. The maximum atomic E-state index is 13.5. The molecule has 0 aliphatic carbocycles. The molecule has 1 aromatic heterocycles. The maximum Gasteiger partial charge on any atom is 0.266 e. The molecule has 2 saturated heterocycles. The Kier molecular flexibility index (Phi) is 6.63. The number of thiocarbonyl (C=S) groups is 1. The fourth-order valence-corrected chi connectivity index (χ4v) is 5.77. The number of thioether (sulfide) groups is 1. The van der Waals surface area contributed by atoms with Gasteiger partial charge in [-0.25, -0.2) is 0 Å². The van der Waals surface area contributed by atoms with E-state index in [0.29, 0.717) is 47.3 Å². The molecule has 4 rings (SSSR count). The minimum atomic E-state index is -0.280. The van der Waals surface area contributed by atoms with Crippen molar-refractivity contribution in [1.29, 1.82) is 0 Å². The predicted molar refractivity (Wildman–Crippen MR) is 138 cm³/mol. The van der Waals surface area contributed by atoms with E-state index < -0.39 is 0 Å². The Bertz CT molecular complexity index is 1230. The number of benzene rings is 1. The Morgan fingerprint density at radius 3 is 2.55 bits per heavy atom. The molecule has 0 radical (unpaired) electrons. The van der Waals surface area contributed by atoms with Crippen molar-refractivity contribution < 1.29 is 9.59 Å². The lowest BCUT2D eigenvalue weighted by atomic mass is 9.94. The Morgan fingerprint density at radius 1 is 1.24 bits per heavy atom. The number of nitrogens with zero attached hydrogens (tertiary/aromatic N) is 3. The number of rotatable bonds is 5. The van der Waals surface area contributed by atoms with E-state index in [4.69, 9.17) is 18.0 Å². The highest BCUT2D eigenvalue weighted by Gasteiger charge is 2.34. The number of hydrogen-bond acceptors (Lipinski definition) is 6. The van der Waals surface area contributed by atoms with E-state index in [1.807, 2.05) is 38.1 Å². The number of amides is 2. The molecule has 2 aliphatic heterocycles. The molecule has 2 N–H and O–H groups in total. The maximum absolute atomic E-state index is 13.5. The molecular formula is C24H28N4O3S2. The number of carbonyl (C=O) groups excluding carboxylic acids is 2. The number of pyridine rings is 1. The van der Waals surface area contributed by atoms with Crippen LogP contribution in [0.1, 0.15) is 32.3 Å². The van der Waals surface area contributed by atoms with Gasteiger partial charge in [-0.15, -0.1) is 0 Å². The second-order valence-corrected chi connectivity index (χ2v) is 10.7.